The zero-order valence-corrected chi connectivity index (χ0v) is 16.9. The van der Waals surface area contributed by atoms with Crippen molar-refractivity contribution in [1.82, 2.24) is 20.1 Å². The van der Waals surface area contributed by atoms with Gasteiger partial charge in [-0.15, -0.1) is 10.2 Å². The molecule has 12 heteroatoms. The summed E-state index contributed by atoms with van der Waals surface area (Å²) in [7, 11) is 0. The molecular weight excluding hydrogens is 419 g/mol. The summed E-state index contributed by atoms with van der Waals surface area (Å²) in [5, 5.41) is 20.9. The van der Waals surface area contributed by atoms with Crippen molar-refractivity contribution in [3.8, 4) is 17.0 Å². The number of phenols is 1. The highest BCUT2D eigenvalue weighted by molar-refractivity contribution is 5.74. The zero-order chi connectivity index (χ0) is 22.9. The Morgan fingerprint density at radius 1 is 1.23 bits per heavy atom. The van der Waals surface area contributed by atoms with Crippen molar-refractivity contribution in [2.45, 2.75) is 39.1 Å². The Balaban J connectivity index is 1.82. The van der Waals surface area contributed by atoms with E-state index in [0.29, 0.717) is 11.8 Å². The SMILES string of the molecule is CC(=O)O[C@@H]1CN(C(C)=O)C[C@H]1Nc1nnc(-c2ccc(C(F)(F)F)cc2O)c(C)n1. The van der Waals surface area contributed by atoms with Crippen LogP contribution in [0, 0.1) is 6.92 Å². The van der Waals surface area contributed by atoms with E-state index < -0.39 is 35.6 Å². The highest BCUT2D eigenvalue weighted by atomic mass is 19.4. The molecule has 166 valence electrons. The maximum atomic E-state index is 12.8. The van der Waals surface area contributed by atoms with Crippen LogP contribution in [-0.2, 0) is 20.5 Å². The van der Waals surface area contributed by atoms with Crippen molar-refractivity contribution in [2.75, 3.05) is 18.4 Å². The molecule has 1 amide bonds. The van der Waals surface area contributed by atoms with E-state index in [4.69, 9.17) is 4.74 Å². The Kier molecular flexibility index (Phi) is 6.00. The number of hydrogen-bond acceptors (Lipinski definition) is 8. The first-order chi connectivity index (χ1) is 14.5. The minimum Gasteiger partial charge on any atom is -0.507 e. The van der Waals surface area contributed by atoms with Crippen LogP contribution >= 0.6 is 0 Å². The second kappa shape index (κ2) is 8.36. The smallest absolute Gasteiger partial charge is 0.416 e. The third-order valence-corrected chi connectivity index (χ3v) is 4.78. The molecule has 9 nitrogen and oxygen atoms in total. The molecule has 2 heterocycles. The number of nitrogens with one attached hydrogen (secondary N) is 1. The molecule has 1 saturated heterocycles. The summed E-state index contributed by atoms with van der Waals surface area (Å²) in [4.78, 5) is 28.8. The predicted octanol–water partition coefficient (Wildman–Crippen LogP) is 2.15. The van der Waals surface area contributed by atoms with Crippen LogP contribution in [0.4, 0.5) is 19.1 Å². The molecular formula is C19H20F3N5O4. The third-order valence-electron chi connectivity index (χ3n) is 4.78. The van der Waals surface area contributed by atoms with Gasteiger partial charge in [-0.3, -0.25) is 9.59 Å². The molecule has 2 N–H and O–H groups in total. The number of halogens is 3. The molecule has 0 spiro atoms. The van der Waals surface area contributed by atoms with Gasteiger partial charge in [-0.2, -0.15) is 13.2 Å². The normalized spacial score (nSPS) is 18.7. The standard InChI is InChI=1S/C19H20F3N5O4/c1-9-17(13-5-4-12(6-15(13)30)19(20,21)22)25-26-18(23-9)24-14-7-27(10(2)28)8-16(14)31-11(3)29/h4-6,14,16,30H,7-8H2,1-3H3,(H,23,24,26)/t14-,16-/m1/s1. The van der Waals surface area contributed by atoms with Crippen molar-refractivity contribution in [1.29, 1.82) is 0 Å². The molecule has 0 aliphatic carbocycles. The van der Waals surface area contributed by atoms with Gasteiger partial charge in [0.15, 0.2) is 0 Å². The number of rotatable bonds is 4. The van der Waals surface area contributed by atoms with Crippen molar-refractivity contribution >= 4 is 17.8 Å². The van der Waals surface area contributed by atoms with E-state index in [9.17, 15) is 27.9 Å². The fourth-order valence-corrected chi connectivity index (χ4v) is 3.29. The second-order valence-corrected chi connectivity index (χ2v) is 7.12. The number of likely N-dealkylation sites (tertiary alicyclic amines) is 1. The lowest BCUT2D eigenvalue weighted by molar-refractivity contribution is -0.146. The quantitative estimate of drug-likeness (QED) is 0.696. The number of carbonyl (C=O) groups excluding carboxylic acids is 2. The van der Waals surface area contributed by atoms with Crippen LogP contribution in [0.2, 0.25) is 0 Å². The molecule has 2 aromatic rings. The number of hydrogen-bond donors (Lipinski definition) is 2. The largest absolute Gasteiger partial charge is 0.507 e. The summed E-state index contributed by atoms with van der Waals surface area (Å²) in [6, 6.07) is 2.07. The van der Waals surface area contributed by atoms with Crippen molar-refractivity contribution in [3.63, 3.8) is 0 Å². The minimum absolute atomic E-state index is 0.0541. The molecule has 1 aliphatic heterocycles. The Bertz CT molecular complexity index is 1010. The van der Waals surface area contributed by atoms with Gasteiger partial charge >= 0.3 is 12.1 Å². The van der Waals surface area contributed by atoms with E-state index in [1.54, 1.807) is 6.92 Å². The molecule has 1 fully saturated rings. The Labute approximate surface area is 175 Å². The van der Waals surface area contributed by atoms with Gasteiger partial charge in [0.05, 0.1) is 23.8 Å². The van der Waals surface area contributed by atoms with Gasteiger partial charge in [0.1, 0.15) is 17.5 Å². The van der Waals surface area contributed by atoms with Gasteiger partial charge in [0.25, 0.3) is 0 Å². The summed E-state index contributed by atoms with van der Waals surface area (Å²) in [6.45, 7) is 4.71. The molecule has 1 aliphatic rings. The number of carbonyl (C=O) groups is 2. The van der Waals surface area contributed by atoms with Gasteiger partial charge in [-0.05, 0) is 25.1 Å². The number of aromatic hydroxyl groups is 1. The molecule has 1 aromatic heterocycles. The lowest BCUT2D eigenvalue weighted by Crippen LogP contribution is -2.36. The highest BCUT2D eigenvalue weighted by Crippen LogP contribution is 2.36. The fourth-order valence-electron chi connectivity index (χ4n) is 3.29. The first kappa shape index (κ1) is 22.2. The molecule has 1 aromatic carbocycles. The maximum Gasteiger partial charge on any atom is 0.416 e. The molecule has 2 atom stereocenters. The van der Waals surface area contributed by atoms with Gasteiger partial charge < -0.3 is 20.1 Å². The number of esters is 1. The van der Waals surface area contributed by atoms with Crippen LogP contribution in [0.15, 0.2) is 18.2 Å². The maximum absolute atomic E-state index is 12.8. The van der Waals surface area contributed by atoms with E-state index in [0.717, 1.165) is 12.1 Å². The number of alkyl halides is 3. The Morgan fingerprint density at radius 3 is 2.48 bits per heavy atom. The van der Waals surface area contributed by atoms with Crippen LogP contribution in [0.1, 0.15) is 25.1 Å². The summed E-state index contributed by atoms with van der Waals surface area (Å²) < 4.78 is 43.7. The highest BCUT2D eigenvalue weighted by Gasteiger charge is 2.37. The first-order valence-corrected chi connectivity index (χ1v) is 9.27. The molecule has 0 saturated carbocycles. The summed E-state index contributed by atoms with van der Waals surface area (Å²) in [5.74, 6) is -1.19. The monoisotopic (exact) mass is 439 g/mol. The van der Waals surface area contributed by atoms with Gasteiger partial charge in [0, 0.05) is 26.0 Å². The van der Waals surface area contributed by atoms with E-state index in [2.05, 4.69) is 20.5 Å². The average molecular weight is 439 g/mol. The lowest BCUT2D eigenvalue weighted by atomic mass is 10.1. The van der Waals surface area contributed by atoms with Gasteiger partial charge in [-0.1, -0.05) is 0 Å². The molecule has 3 rings (SSSR count). The number of amides is 1. The molecule has 0 unspecified atom stereocenters. The van der Waals surface area contributed by atoms with Crippen molar-refractivity contribution in [2.24, 2.45) is 0 Å². The molecule has 31 heavy (non-hydrogen) atoms. The van der Waals surface area contributed by atoms with Crippen LogP contribution in [-0.4, -0.2) is 62.3 Å². The van der Waals surface area contributed by atoms with Gasteiger partial charge in [-0.25, -0.2) is 4.98 Å². The summed E-state index contributed by atoms with van der Waals surface area (Å²) in [5.41, 5.74) is -0.514. The number of nitrogens with zero attached hydrogens (tertiary/aromatic N) is 4. The summed E-state index contributed by atoms with van der Waals surface area (Å²) >= 11 is 0. The Morgan fingerprint density at radius 2 is 1.94 bits per heavy atom. The number of aromatic nitrogens is 3. The number of phenolic OH excluding ortho intramolecular Hbond substituents is 1. The average Bonchev–Trinajstić information content (AvgIpc) is 3.03. The zero-order valence-electron chi connectivity index (χ0n) is 16.9. The minimum atomic E-state index is -4.59. The van der Waals surface area contributed by atoms with Crippen LogP contribution in [0.5, 0.6) is 5.75 Å². The van der Waals surface area contributed by atoms with Gasteiger partial charge in [0.2, 0.25) is 11.9 Å². The fraction of sp³-hybridized carbons (Fsp3) is 0.421. The number of ether oxygens (including phenoxy) is 1. The van der Waals surface area contributed by atoms with Crippen LogP contribution in [0.3, 0.4) is 0 Å². The van der Waals surface area contributed by atoms with Crippen molar-refractivity contribution in [3.05, 3.63) is 29.5 Å². The van der Waals surface area contributed by atoms with E-state index in [1.165, 1.54) is 18.7 Å². The third kappa shape index (κ3) is 5.01. The number of benzene rings is 1. The molecule has 0 bridgehead atoms. The topological polar surface area (TPSA) is 118 Å². The van der Waals surface area contributed by atoms with E-state index in [1.807, 2.05) is 0 Å². The van der Waals surface area contributed by atoms with E-state index in [-0.39, 0.29) is 36.2 Å². The van der Waals surface area contributed by atoms with Crippen molar-refractivity contribution < 1.29 is 32.6 Å². The van der Waals surface area contributed by atoms with Crippen LogP contribution < -0.4 is 5.32 Å². The summed E-state index contributed by atoms with van der Waals surface area (Å²) in [6.07, 6.45) is -5.19. The number of anilines is 1. The van der Waals surface area contributed by atoms with E-state index >= 15 is 0 Å². The Hall–Kier alpha value is -3.44. The molecule has 0 radical (unpaired) electrons. The predicted molar refractivity (Wildman–Crippen MR) is 102 cm³/mol. The lowest BCUT2D eigenvalue weighted by Gasteiger charge is -2.19. The van der Waals surface area contributed by atoms with Crippen LogP contribution in [0.25, 0.3) is 11.3 Å². The first-order valence-electron chi connectivity index (χ1n) is 9.27. The second-order valence-electron chi connectivity index (χ2n) is 7.12. The number of aryl methyl sites for hydroxylation is 1.